The van der Waals surface area contributed by atoms with E-state index in [2.05, 4.69) is 35.1 Å². The van der Waals surface area contributed by atoms with E-state index in [9.17, 15) is 9.59 Å². The standard InChI is InChI=1S/C17H20BrNO3/c1-10(2)11-7-8-13(15(20)9-11)19-14-6-4-5-12(16(14)18)17(21)22-3/h4-6,8,10-11,19H,7,9H2,1-3H3. The highest BCUT2D eigenvalue weighted by molar-refractivity contribution is 9.10. The van der Waals surface area contributed by atoms with E-state index in [0.29, 0.717) is 39.7 Å². The van der Waals surface area contributed by atoms with Crippen LogP contribution in [-0.4, -0.2) is 18.9 Å². The van der Waals surface area contributed by atoms with E-state index in [4.69, 9.17) is 4.74 Å². The van der Waals surface area contributed by atoms with Crippen molar-refractivity contribution in [1.82, 2.24) is 0 Å². The summed E-state index contributed by atoms with van der Waals surface area (Å²) in [7, 11) is 1.34. The summed E-state index contributed by atoms with van der Waals surface area (Å²) in [4.78, 5) is 24.0. The fourth-order valence-electron chi connectivity index (χ4n) is 2.48. The number of allylic oxidation sites excluding steroid dienone is 2. The molecule has 0 saturated carbocycles. The Morgan fingerprint density at radius 3 is 2.73 bits per heavy atom. The van der Waals surface area contributed by atoms with Crippen LogP contribution in [0.2, 0.25) is 0 Å². The van der Waals surface area contributed by atoms with Gasteiger partial charge in [-0.05, 0) is 46.3 Å². The molecule has 4 nitrogen and oxygen atoms in total. The first-order valence-corrected chi connectivity index (χ1v) is 8.10. The van der Waals surface area contributed by atoms with Gasteiger partial charge in [-0.2, -0.15) is 0 Å². The number of carbonyl (C=O) groups is 2. The Kier molecular flexibility index (Phi) is 5.40. The van der Waals surface area contributed by atoms with Crippen molar-refractivity contribution in [2.24, 2.45) is 11.8 Å². The van der Waals surface area contributed by atoms with Gasteiger partial charge in [-0.15, -0.1) is 0 Å². The van der Waals surface area contributed by atoms with Crippen molar-refractivity contribution in [3.63, 3.8) is 0 Å². The van der Waals surface area contributed by atoms with Crippen LogP contribution in [0.25, 0.3) is 0 Å². The Hall–Kier alpha value is -1.62. The molecule has 1 aliphatic carbocycles. The van der Waals surface area contributed by atoms with Gasteiger partial charge in [-0.25, -0.2) is 4.79 Å². The third-order valence-electron chi connectivity index (χ3n) is 3.99. The van der Waals surface area contributed by atoms with Gasteiger partial charge in [0.1, 0.15) is 0 Å². The number of nitrogens with one attached hydrogen (secondary N) is 1. The third-order valence-corrected chi connectivity index (χ3v) is 4.84. The second-order valence-corrected chi connectivity index (χ2v) is 6.56. The number of methoxy groups -OCH3 is 1. The molecule has 1 unspecified atom stereocenters. The molecule has 118 valence electrons. The Morgan fingerprint density at radius 2 is 2.14 bits per heavy atom. The minimum Gasteiger partial charge on any atom is -0.465 e. The molecule has 0 heterocycles. The first-order chi connectivity index (χ1) is 10.4. The average Bonchev–Trinajstić information content (AvgIpc) is 2.50. The summed E-state index contributed by atoms with van der Waals surface area (Å²) in [6.07, 6.45) is 3.40. The normalized spacial score (nSPS) is 18.1. The highest BCUT2D eigenvalue weighted by Gasteiger charge is 2.24. The first kappa shape index (κ1) is 16.7. The maximum Gasteiger partial charge on any atom is 0.339 e. The molecule has 0 saturated heterocycles. The van der Waals surface area contributed by atoms with Crippen LogP contribution >= 0.6 is 15.9 Å². The van der Waals surface area contributed by atoms with Crippen LogP contribution in [0.1, 0.15) is 37.0 Å². The number of ether oxygens (including phenoxy) is 1. The smallest absolute Gasteiger partial charge is 0.339 e. The maximum atomic E-state index is 12.3. The second kappa shape index (κ2) is 7.09. The van der Waals surface area contributed by atoms with Gasteiger partial charge >= 0.3 is 5.97 Å². The van der Waals surface area contributed by atoms with Crippen LogP contribution in [-0.2, 0) is 9.53 Å². The van der Waals surface area contributed by atoms with Crippen molar-refractivity contribution in [3.05, 3.63) is 40.0 Å². The van der Waals surface area contributed by atoms with Crippen LogP contribution in [0.15, 0.2) is 34.4 Å². The van der Waals surface area contributed by atoms with E-state index in [0.717, 1.165) is 6.42 Å². The number of hydrogen-bond acceptors (Lipinski definition) is 4. The third kappa shape index (κ3) is 3.58. The van der Waals surface area contributed by atoms with Gasteiger partial charge in [0.15, 0.2) is 5.78 Å². The quantitative estimate of drug-likeness (QED) is 0.813. The lowest BCUT2D eigenvalue weighted by Gasteiger charge is -2.24. The highest BCUT2D eigenvalue weighted by atomic mass is 79.9. The summed E-state index contributed by atoms with van der Waals surface area (Å²) in [5, 5.41) is 3.13. The van der Waals surface area contributed by atoms with Crippen molar-refractivity contribution in [2.45, 2.75) is 26.7 Å². The number of rotatable bonds is 4. The lowest BCUT2D eigenvalue weighted by Crippen LogP contribution is -2.23. The predicted octanol–water partition coefficient (Wildman–Crippen LogP) is 4.17. The van der Waals surface area contributed by atoms with Crippen LogP contribution in [0, 0.1) is 11.8 Å². The lowest BCUT2D eigenvalue weighted by molar-refractivity contribution is -0.117. The Morgan fingerprint density at radius 1 is 1.41 bits per heavy atom. The summed E-state index contributed by atoms with van der Waals surface area (Å²) in [6, 6.07) is 5.25. The Balaban J connectivity index is 2.21. The summed E-state index contributed by atoms with van der Waals surface area (Å²) < 4.78 is 5.34. The van der Waals surface area contributed by atoms with Crippen molar-refractivity contribution in [3.8, 4) is 0 Å². The van der Waals surface area contributed by atoms with Gasteiger partial charge in [-0.3, -0.25) is 4.79 Å². The molecule has 22 heavy (non-hydrogen) atoms. The van der Waals surface area contributed by atoms with E-state index < -0.39 is 5.97 Å². The number of ketones is 1. The molecule has 2 rings (SSSR count). The number of carbonyl (C=O) groups excluding carboxylic acids is 2. The van der Waals surface area contributed by atoms with Crippen LogP contribution in [0.3, 0.4) is 0 Å². The van der Waals surface area contributed by atoms with Crippen molar-refractivity contribution in [1.29, 1.82) is 0 Å². The average molecular weight is 366 g/mol. The van der Waals surface area contributed by atoms with E-state index in [1.807, 2.05) is 12.1 Å². The van der Waals surface area contributed by atoms with Crippen LogP contribution in [0.5, 0.6) is 0 Å². The molecular weight excluding hydrogens is 346 g/mol. The molecule has 1 aromatic rings. The fraction of sp³-hybridized carbons (Fsp3) is 0.412. The summed E-state index contributed by atoms with van der Waals surface area (Å²) in [5.41, 5.74) is 1.71. The zero-order valence-electron chi connectivity index (χ0n) is 13.0. The van der Waals surface area contributed by atoms with E-state index in [1.165, 1.54) is 7.11 Å². The van der Waals surface area contributed by atoms with Crippen molar-refractivity contribution in [2.75, 3.05) is 12.4 Å². The molecule has 5 heteroatoms. The zero-order valence-corrected chi connectivity index (χ0v) is 14.6. The molecule has 1 atom stereocenters. The molecule has 0 aromatic heterocycles. The van der Waals surface area contributed by atoms with Gasteiger partial charge in [0.05, 0.1) is 28.5 Å². The molecular formula is C17H20BrNO3. The molecule has 1 N–H and O–H groups in total. The number of Topliss-reactive ketones (excluding diaryl/α,β-unsaturated/α-hetero) is 1. The molecule has 0 fully saturated rings. The van der Waals surface area contributed by atoms with Crippen LogP contribution in [0.4, 0.5) is 5.69 Å². The molecule has 1 aliphatic rings. The predicted molar refractivity (Wildman–Crippen MR) is 89.8 cm³/mol. The Labute approximate surface area is 139 Å². The van der Waals surface area contributed by atoms with Gasteiger partial charge in [0.25, 0.3) is 0 Å². The van der Waals surface area contributed by atoms with Gasteiger partial charge in [-0.1, -0.05) is 26.0 Å². The number of esters is 1. The number of hydrogen-bond donors (Lipinski definition) is 1. The molecule has 0 bridgehead atoms. The monoisotopic (exact) mass is 365 g/mol. The molecule has 0 radical (unpaired) electrons. The lowest BCUT2D eigenvalue weighted by atomic mass is 9.83. The number of benzene rings is 1. The molecule has 0 spiro atoms. The topological polar surface area (TPSA) is 55.4 Å². The highest BCUT2D eigenvalue weighted by Crippen LogP contribution is 2.31. The number of halogens is 1. The molecule has 0 aliphatic heterocycles. The minimum absolute atomic E-state index is 0.111. The Bertz CT molecular complexity index is 622. The van der Waals surface area contributed by atoms with Gasteiger partial charge in [0.2, 0.25) is 0 Å². The second-order valence-electron chi connectivity index (χ2n) is 5.77. The fourth-order valence-corrected chi connectivity index (χ4v) is 3.01. The minimum atomic E-state index is -0.417. The van der Waals surface area contributed by atoms with Crippen molar-refractivity contribution < 1.29 is 14.3 Å². The molecule has 1 aromatic carbocycles. The first-order valence-electron chi connectivity index (χ1n) is 7.31. The summed E-state index contributed by atoms with van der Waals surface area (Å²) in [5.74, 6) is 0.596. The van der Waals surface area contributed by atoms with Gasteiger partial charge < -0.3 is 10.1 Å². The van der Waals surface area contributed by atoms with E-state index in [-0.39, 0.29) is 5.78 Å². The largest absolute Gasteiger partial charge is 0.465 e. The number of anilines is 1. The maximum absolute atomic E-state index is 12.3. The SMILES string of the molecule is COC(=O)c1cccc(NC2=CCC(C(C)C)CC2=O)c1Br. The van der Waals surface area contributed by atoms with E-state index in [1.54, 1.807) is 12.1 Å². The van der Waals surface area contributed by atoms with Crippen molar-refractivity contribution >= 4 is 33.4 Å². The van der Waals surface area contributed by atoms with Gasteiger partial charge in [0, 0.05) is 6.42 Å². The molecule has 0 amide bonds. The summed E-state index contributed by atoms with van der Waals surface area (Å²) >= 11 is 3.40. The summed E-state index contributed by atoms with van der Waals surface area (Å²) in [6.45, 7) is 4.28. The van der Waals surface area contributed by atoms with Crippen LogP contribution < -0.4 is 5.32 Å². The zero-order chi connectivity index (χ0) is 16.3. The van der Waals surface area contributed by atoms with E-state index >= 15 is 0 Å².